The lowest BCUT2D eigenvalue weighted by atomic mass is 10.3. The Kier molecular flexibility index (Phi) is 3.41. The second kappa shape index (κ2) is 4.99. The number of nitrogens with zero attached hydrogens (tertiary/aromatic N) is 2. The van der Waals surface area contributed by atoms with Crippen LogP contribution in [0.5, 0.6) is 5.88 Å². The zero-order valence-electron chi connectivity index (χ0n) is 12.1. The van der Waals surface area contributed by atoms with E-state index in [-0.39, 0.29) is 0 Å². The van der Waals surface area contributed by atoms with Crippen molar-refractivity contribution in [2.24, 2.45) is 0 Å². The quantitative estimate of drug-likeness (QED) is 0.852. The molecule has 0 bridgehead atoms. The van der Waals surface area contributed by atoms with Crippen molar-refractivity contribution < 1.29 is 13.2 Å². The lowest BCUT2D eigenvalue weighted by molar-refractivity contribution is 0.302. The average Bonchev–Trinajstić information content (AvgIpc) is 2.78. The largest absolute Gasteiger partial charge is 0.474 e. The van der Waals surface area contributed by atoms with E-state index in [1.165, 1.54) is 15.6 Å². The maximum absolute atomic E-state index is 12.9. The molecular weight excluding hydrogens is 308 g/mol. The summed E-state index contributed by atoms with van der Waals surface area (Å²) in [6.45, 7) is 6.31. The molecule has 7 heteroatoms. The van der Waals surface area contributed by atoms with Gasteiger partial charge in [-0.25, -0.2) is 13.4 Å². The van der Waals surface area contributed by atoms with E-state index in [0.29, 0.717) is 28.9 Å². The number of sulfonamides is 1. The summed E-state index contributed by atoms with van der Waals surface area (Å²) < 4.78 is 32.9. The molecule has 0 aliphatic carbocycles. The molecular formula is C14H16N2O3S2. The normalized spacial score (nSPS) is 14.7. The molecule has 0 N–H and O–H groups in total. The number of fused-ring (bicyclic) bond motifs is 1. The van der Waals surface area contributed by atoms with Crippen molar-refractivity contribution in [1.29, 1.82) is 0 Å². The molecule has 0 atom stereocenters. The fourth-order valence-electron chi connectivity index (χ4n) is 2.19. The van der Waals surface area contributed by atoms with E-state index in [2.05, 4.69) is 4.98 Å². The van der Waals surface area contributed by atoms with Crippen LogP contribution in [-0.4, -0.2) is 26.6 Å². The Morgan fingerprint density at radius 3 is 2.71 bits per heavy atom. The molecule has 5 nitrogen and oxygen atoms in total. The fourth-order valence-corrected chi connectivity index (χ4v) is 5.27. The van der Waals surface area contributed by atoms with Gasteiger partial charge in [0.05, 0.1) is 6.54 Å². The number of aromatic nitrogens is 1. The van der Waals surface area contributed by atoms with Crippen LogP contribution in [-0.2, 0) is 10.0 Å². The summed E-state index contributed by atoms with van der Waals surface area (Å²) in [4.78, 5) is 5.29. The number of pyridine rings is 1. The first-order chi connectivity index (χ1) is 9.89. The summed E-state index contributed by atoms with van der Waals surface area (Å²) >= 11 is 1.30. The summed E-state index contributed by atoms with van der Waals surface area (Å²) in [5.41, 5.74) is 2.31. The maximum Gasteiger partial charge on any atom is 0.274 e. The molecule has 0 fully saturated rings. The molecule has 1 aliphatic heterocycles. The van der Waals surface area contributed by atoms with Crippen molar-refractivity contribution >= 4 is 27.0 Å². The fraction of sp³-hybridized carbons (Fsp3) is 0.357. The third kappa shape index (κ3) is 2.40. The smallest absolute Gasteiger partial charge is 0.274 e. The van der Waals surface area contributed by atoms with Crippen LogP contribution in [0.2, 0.25) is 0 Å². The van der Waals surface area contributed by atoms with E-state index in [4.69, 9.17) is 4.74 Å². The van der Waals surface area contributed by atoms with Gasteiger partial charge in [0.25, 0.3) is 10.0 Å². The van der Waals surface area contributed by atoms with Crippen LogP contribution >= 0.6 is 11.3 Å². The van der Waals surface area contributed by atoms with Gasteiger partial charge in [0, 0.05) is 10.6 Å². The Morgan fingerprint density at radius 1 is 1.29 bits per heavy atom. The van der Waals surface area contributed by atoms with Gasteiger partial charge in [0.2, 0.25) is 5.88 Å². The van der Waals surface area contributed by atoms with Crippen LogP contribution < -0.4 is 9.04 Å². The van der Waals surface area contributed by atoms with Crippen LogP contribution in [0, 0.1) is 20.8 Å². The van der Waals surface area contributed by atoms with Gasteiger partial charge < -0.3 is 4.74 Å². The molecule has 0 spiro atoms. The number of rotatable bonds is 2. The Bertz CT molecular complexity index is 777. The van der Waals surface area contributed by atoms with Crippen molar-refractivity contribution in [1.82, 2.24) is 4.98 Å². The number of hydrogen-bond donors (Lipinski definition) is 0. The first-order valence-corrected chi connectivity index (χ1v) is 8.85. The Hall–Kier alpha value is -1.60. The van der Waals surface area contributed by atoms with Gasteiger partial charge >= 0.3 is 0 Å². The molecule has 0 unspecified atom stereocenters. The van der Waals surface area contributed by atoms with E-state index in [0.717, 1.165) is 16.1 Å². The topological polar surface area (TPSA) is 59.5 Å². The number of anilines is 1. The third-order valence-corrected chi connectivity index (χ3v) is 6.88. The summed E-state index contributed by atoms with van der Waals surface area (Å²) in [5, 5.41) is 0. The molecule has 112 valence electrons. The second-order valence-corrected chi connectivity index (χ2v) is 8.35. The maximum atomic E-state index is 12.9. The summed E-state index contributed by atoms with van der Waals surface area (Å²) in [5.74, 6) is 0.384. The van der Waals surface area contributed by atoms with Gasteiger partial charge in [-0.15, -0.1) is 11.3 Å². The number of hydrogen-bond acceptors (Lipinski definition) is 5. The Morgan fingerprint density at radius 2 is 2.05 bits per heavy atom. The van der Waals surface area contributed by atoms with Crippen LogP contribution in [0.15, 0.2) is 22.4 Å². The first kappa shape index (κ1) is 14.3. The third-order valence-electron chi connectivity index (χ3n) is 3.47. The van der Waals surface area contributed by atoms with Gasteiger partial charge in [-0.1, -0.05) is 0 Å². The van der Waals surface area contributed by atoms with Gasteiger partial charge in [0.15, 0.2) is 0 Å². The second-order valence-electron chi connectivity index (χ2n) is 5.01. The van der Waals surface area contributed by atoms with Crippen molar-refractivity contribution in [3.05, 3.63) is 34.3 Å². The lowest BCUT2D eigenvalue weighted by Gasteiger charge is -2.29. The van der Waals surface area contributed by atoms with E-state index in [1.54, 1.807) is 18.2 Å². The molecule has 1 aliphatic rings. The zero-order chi connectivity index (χ0) is 15.2. The molecule has 2 aromatic heterocycles. The van der Waals surface area contributed by atoms with Crippen LogP contribution in [0.25, 0.3) is 0 Å². The van der Waals surface area contributed by atoms with Crippen molar-refractivity contribution in [3.63, 3.8) is 0 Å². The number of aryl methyl sites for hydroxylation is 3. The number of thiophene rings is 1. The van der Waals surface area contributed by atoms with Gasteiger partial charge in [-0.3, -0.25) is 4.31 Å². The Balaban J connectivity index is 2.09. The summed E-state index contributed by atoms with van der Waals surface area (Å²) in [6.07, 6.45) is 0. The zero-order valence-corrected chi connectivity index (χ0v) is 13.7. The molecule has 0 radical (unpaired) electrons. The average molecular weight is 324 g/mol. The SMILES string of the molecule is Cc1ccc2c(n1)OCCN2S(=O)(=O)c1cc(C)c(C)s1. The van der Waals surface area contributed by atoms with Gasteiger partial charge in [-0.05, 0) is 44.5 Å². The summed E-state index contributed by atoms with van der Waals surface area (Å²) in [7, 11) is -3.56. The molecule has 21 heavy (non-hydrogen) atoms. The van der Waals surface area contributed by atoms with Crippen molar-refractivity contribution in [3.8, 4) is 5.88 Å². The minimum atomic E-state index is -3.56. The van der Waals surface area contributed by atoms with Crippen LogP contribution in [0.4, 0.5) is 5.69 Å². The molecule has 0 amide bonds. The minimum Gasteiger partial charge on any atom is -0.474 e. The minimum absolute atomic E-state index is 0.302. The van der Waals surface area contributed by atoms with Crippen molar-refractivity contribution in [2.45, 2.75) is 25.0 Å². The highest BCUT2D eigenvalue weighted by Gasteiger charge is 2.32. The van der Waals surface area contributed by atoms with Crippen LogP contribution in [0.3, 0.4) is 0 Å². The lowest BCUT2D eigenvalue weighted by Crippen LogP contribution is -2.37. The highest BCUT2D eigenvalue weighted by atomic mass is 32.2. The molecule has 3 heterocycles. The predicted octanol–water partition coefficient (Wildman–Crippen LogP) is 2.66. The standard InChI is InChI=1S/C14H16N2O3S2/c1-9-8-13(20-11(9)3)21(17,18)16-6-7-19-14-12(16)5-4-10(2)15-14/h4-5,8H,6-7H2,1-3H3. The summed E-state index contributed by atoms with van der Waals surface area (Å²) in [6, 6.07) is 5.27. The highest BCUT2D eigenvalue weighted by Crippen LogP contribution is 2.36. The molecule has 0 aromatic carbocycles. The van der Waals surface area contributed by atoms with E-state index < -0.39 is 10.0 Å². The number of ether oxygens (including phenoxy) is 1. The van der Waals surface area contributed by atoms with E-state index >= 15 is 0 Å². The van der Waals surface area contributed by atoms with Gasteiger partial charge in [-0.2, -0.15) is 0 Å². The van der Waals surface area contributed by atoms with E-state index in [1.807, 2.05) is 20.8 Å². The van der Waals surface area contributed by atoms with Gasteiger partial charge in [0.1, 0.15) is 16.5 Å². The highest BCUT2D eigenvalue weighted by molar-refractivity contribution is 7.94. The molecule has 3 rings (SSSR count). The monoisotopic (exact) mass is 324 g/mol. The molecule has 2 aromatic rings. The molecule has 0 saturated heterocycles. The van der Waals surface area contributed by atoms with Crippen LogP contribution in [0.1, 0.15) is 16.1 Å². The van der Waals surface area contributed by atoms with Crippen molar-refractivity contribution in [2.75, 3.05) is 17.5 Å². The van der Waals surface area contributed by atoms with E-state index in [9.17, 15) is 8.42 Å². The molecule has 0 saturated carbocycles. The predicted molar refractivity (Wildman–Crippen MR) is 82.8 cm³/mol. The first-order valence-electron chi connectivity index (χ1n) is 6.60. The Labute approximate surface area is 128 Å².